The van der Waals surface area contributed by atoms with Gasteiger partial charge >= 0.3 is 5.97 Å². The van der Waals surface area contributed by atoms with Crippen LogP contribution in [0.4, 0.5) is 5.95 Å². The molecule has 6 nitrogen and oxygen atoms in total. The molecule has 1 rings (SSSR count). The fraction of sp³-hybridized carbons (Fsp3) is 0.500. The third-order valence-corrected chi connectivity index (χ3v) is 2.38. The number of rotatable bonds is 6. The summed E-state index contributed by atoms with van der Waals surface area (Å²) >= 11 is 3.20. The number of carbonyl (C=O) groups excluding carboxylic acids is 1. The Bertz CT molecular complexity index is 387. The lowest BCUT2D eigenvalue weighted by atomic mass is 10.4. The van der Waals surface area contributed by atoms with Crippen molar-refractivity contribution < 1.29 is 14.3 Å². The highest BCUT2D eigenvalue weighted by atomic mass is 79.9. The van der Waals surface area contributed by atoms with Crippen molar-refractivity contribution in [3.63, 3.8) is 0 Å². The van der Waals surface area contributed by atoms with Crippen LogP contribution in [0.2, 0.25) is 0 Å². The molecule has 0 aliphatic heterocycles. The predicted octanol–water partition coefficient (Wildman–Crippen LogP) is 1.47. The van der Waals surface area contributed by atoms with Crippen molar-refractivity contribution in [3.05, 3.63) is 16.4 Å². The SMILES string of the molecule is CCOC(=O)c1nc(NCCOC)ncc1Br. The van der Waals surface area contributed by atoms with E-state index in [1.54, 1.807) is 14.0 Å². The molecule has 0 saturated carbocycles. The maximum Gasteiger partial charge on any atom is 0.358 e. The van der Waals surface area contributed by atoms with E-state index < -0.39 is 5.97 Å². The van der Waals surface area contributed by atoms with Crippen LogP contribution >= 0.6 is 15.9 Å². The van der Waals surface area contributed by atoms with Crippen molar-refractivity contribution in [2.45, 2.75) is 6.92 Å². The first-order valence-electron chi connectivity index (χ1n) is 5.11. The molecule has 1 heterocycles. The summed E-state index contributed by atoms with van der Waals surface area (Å²) in [7, 11) is 1.61. The van der Waals surface area contributed by atoms with E-state index in [4.69, 9.17) is 9.47 Å². The number of ether oxygens (including phenoxy) is 2. The highest BCUT2D eigenvalue weighted by molar-refractivity contribution is 9.10. The van der Waals surface area contributed by atoms with Gasteiger partial charge in [0.2, 0.25) is 5.95 Å². The Labute approximate surface area is 108 Å². The number of hydrogen-bond acceptors (Lipinski definition) is 6. The minimum Gasteiger partial charge on any atom is -0.461 e. The summed E-state index contributed by atoms with van der Waals surface area (Å²) in [6.07, 6.45) is 1.51. The van der Waals surface area contributed by atoms with Crippen LogP contribution in [-0.2, 0) is 9.47 Å². The lowest BCUT2D eigenvalue weighted by Crippen LogP contribution is -2.14. The number of anilines is 1. The number of halogens is 1. The Morgan fingerprint density at radius 3 is 3.00 bits per heavy atom. The van der Waals surface area contributed by atoms with E-state index in [2.05, 4.69) is 31.2 Å². The van der Waals surface area contributed by atoms with Gasteiger partial charge in [-0.15, -0.1) is 0 Å². The number of hydrogen-bond donors (Lipinski definition) is 1. The smallest absolute Gasteiger partial charge is 0.358 e. The van der Waals surface area contributed by atoms with Gasteiger partial charge in [-0.1, -0.05) is 0 Å². The van der Waals surface area contributed by atoms with Gasteiger partial charge in [-0.3, -0.25) is 0 Å². The normalized spacial score (nSPS) is 10.1. The van der Waals surface area contributed by atoms with Gasteiger partial charge in [0.15, 0.2) is 5.69 Å². The molecule has 17 heavy (non-hydrogen) atoms. The third-order valence-electron chi connectivity index (χ3n) is 1.80. The highest BCUT2D eigenvalue weighted by Gasteiger charge is 2.14. The lowest BCUT2D eigenvalue weighted by molar-refractivity contribution is 0.0518. The van der Waals surface area contributed by atoms with Crippen molar-refractivity contribution in [2.75, 3.05) is 32.2 Å². The maximum absolute atomic E-state index is 11.6. The summed E-state index contributed by atoms with van der Waals surface area (Å²) in [6.45, 7) is 3.15. The van der Waals surface area contributed by atoms with Crippen LogP contribution in [0, 0.1) is 0 Å². The molecule has 7 heteroatoms. The Hall–Kier alpha value is -1.21. The molecule has 0 saturated heterocycles. The first-order chi connectivity index (χ1) is 8.19. The van der Waals surface area contributed by atoms with E-state index in [0.29, 0.717) is 30.2 Å². The van der Waals surface area contributed by atoms with Crippen LogP contribution in [0.1, 0.15) is 17.4 Å². The highest BCUT2D eigenvalue weighted by Crippen LogP contribution is 2.15. The summed E-state index contributed by atoms with van der Waals surface area (Å²) in [5, 5.41) is 2.93. The molecule has 1 aromatic heterocycles. The molecule has 0 aliphatic carbocycles. The summed E-state index contributed by atoms with van der Waals surface area (Å²) in [4.78, 5) is 19.6. The van der Waals surface area contributed by atoms with Crippen molar-refractivity contribution in [1.82, 2.24) is 9.97 Å². The van der Waals surface area contributed by atoms with Crippen LogP contribution in [0.15, 0.2) is 10.7 Å². The van der Waals surface area contributed by atoms with Gasteiger partial charge in [0.05, 0.1) is 17.7 Å². The molecule has 0 radical (unpaired) electrons. The fourth-order valence-electron chi connectivity index (χ4n) is 1.06. The molecule has 0 aliphatic rings. The second kappa shape index (κ2) is 7.18. The van der Waals surface area contributed by atoms with E-state index in [1.807, 2.05) is 0 Å². The predicted molar refractivity (Wildman–Crippen MR) is 66.1 cm³/mol. The van der Waals surface area contributed by atoms with Crippen molar-refractivity contribution in [1.29, 1.82) is 0 Å². The third kappa shape index (κ3) is 4.27. The quantitative estimate of drug-likeness (QED) is 0.634. The van der Waals surface area contributed by atoms with E-state index in [-0.39, 0.29) is 5.69 Å². The molecule has 1 N–H and O–H groups in total. The molecular formula is C10H14BrN3O3. The molecule has 1 aromatic rings. The Morgan fingerprint density at radius 1 is 1.59 bits per heavy atom. The summed E-state index contributed by atoms with van der Waals surface area (Å²) in [5.74, 6) is -0.107. The van der Waals surface area contributed by atoms with Gasteiger partial charge in [-0.25, -0.2) is 14.8 Å². The first kappa shape index (κ1) is 13.9. The molecule has 0 fully saturated rings. The summed E-state index contributed by atoms with van der Waals surface area (Å²) in [6, 6.07) is 0. The monoisotopic (exact) mass is 303 g/mol. The van der Waals surface area contributed by atoms with E-state index >= 15 is 0 Å². The zero-order valence-electron chi connectivity index (χ0n) is 9.70. The van der Waals surface area contributed by atoms with Gasteiger partial charge in [0.25, 0.3) is 0 Å². The Kier molecular flexibility index (Phi) is 5.85. The van der Waals surface area contributed by atoms with Crippen molar-refractivity contribution in [3.8, 4) is 0 Å². The molecule has 94 valence electrons. The zero-order valence-corrected chi connectivity index (χ0v) is 11.3. The van der Waals surface area contributed by atoms with Crippen LogP contribution in [-0.4, -0.2) is 42.8 Å². The van der Waals surface area contributed by atoms with Gasteiger partial charge < -0.3 is 14.8 Å². The van der Waals surface area contributed by atoms with Crippen molar-refractivity contribution in [2.24, 2.45) is 0 Å². The second-order valence-corrected chi connectivity index (χ2v) is 3.88. The number of nitrogens with zero attached hydrogens (tertiary/aromatic N) is 2. The number of nitrogens with one attached hydrogen (secondary N) is 1. The van der Waals surface area contributed by atoms with Gasteiger partial charge in [-0.2, -0.15) is 0 Å². The molecule has 0 unspecified atom stereocenters. The first-order valence-corrected chi connectivity index (χ1v) is 5.90. The number of esters is 1. The maximum atomic E-state index is 11.6. The number of methoxy groups -OCH3 is 1. The second-order valence-electron chi connectivity index (χ2n) is 3.03. The average molecular weight is 304 g/mol. The van der Waals surface area contributed by atoms with E-state index in [9.17, 15) is 4.79 Å². The average Bonchev–Trinajstić information content (AvgIpc) is 2.32. The number of carbonyl (C=O) groups is 1. The van der Waals surface area contributed by atoms with Gasteiger partial charge in [0, 0.05) is 19.9 Å². The molecule has 0 aromatic carbocycles. The Balaban J connectivity index is 2.75. The van der Waals surface area contributed by atoms with Gasteiger partial charge in [-0.05, 0) is 22.9 Å². The minimum atomic E-state index is -0.475. The van der Waals surface area contributed by atoms with Crippen molar-refractivity contribution >= 4 is 27.8 Å². The van der Waals surface area contributed by atoms with E-state index in [1.165, 1.54) is 6.20 Å². The standard InChI is InChI=1S/C10H14BrN3O3/c1-3-17-9(15)8-7(11)6-13-10(14-8)12-4-5-16-2/h6H,3-5H2,1-2H3,(H,12,13,14). The van der Waals surface area contributed by atoms with Crippen LogP contribution < -0.4 is 5.32 Å². The Morgan fingerprint density at radius 2 is 2.35 bits per heavy atom. The van der Waals surface area contributed by atoms with Crippen LogP contribution in [0.3, 0.4) is 0 Å². The largest absolute Gasteiger partial charge is 0.461 e. The fourth-order valence-corrected chi connectivity index (χ4v) is 1.41. The molecule has 0 spiro atoms. The number of aromatic nitrogens is 2. The lowest BCUT2D eigenvalue weighted by Gasteiger charge is -2.07. The van der Waals surface area contributed by atoms with Crippen LogP contribution in [0.5, 0.6) is 0 Å². The van der Waals surface area contributed by atoms with Gasteiger partial charge in [0.1, 0.15) is 0 Å². The molecule has 0 atom stereocenters. The zero-order chi connectivity index (χ0) is 12.7. The van der Waals surface area contributed by atoms with Crippen LogP contribution in [0.25, 0.3) is 0 Å². The molecule has 0 amide bonds. The molecule has 0 bridgehead atoms. The summed E-state index contributed by atoms with van der Waals surface area (Å²) < 4.78 is 10.3. The summed E-state index contributed by atoms with van der Waals surface area (Å²) in [5.41, 5.74) is 0.210. The van der Waals surface area contributed by atoms with E-state index in [0.717, 1.165) is 0 Å². The topological polar surface area (TPSA) is 73.3 Å². The minimum absolute atomic E-state index is 0.210. The molecular weight excluding hydrogens is 290 g/mol.